The van der Waals surface area contributed by atoms with Crippen LogP contribution < -0.4 is 5.73 Å². The Morgan fingerprint density at radius 3 is 3.00 bits per heavy atom. The molecule has 1 aromatic heterocycles. The van der Waals surface area contributed by atoms with Gasteiger partial charge >= 0.3 is 0 Å². The maximum Gasteiger partial charge on any atom is 0.117 e. The van der Waals surface area contributed by atoms with Crippen LogP contribution in [-0.2, 0) is 18.2 Å². The van der Waals surface area contributed by atoms with E-state index in [0.717, 1.165) is 35.2 Å². The number of aromatic nitrogens is 2. The lowest BCUT2D eigenvalue weighted by Gasteiger charge is -2.09. The van der Waals surface area contributed by atoms with Gasteiger partial charge in [0.1, 0.15) is 5.03 Å². The van der Waals surface area contributed by atoms with Gasteiger partial charge in [0.05, 0.1) is 17.5 Å². The molecule has 1 atom stereocenters. The lowest BCUT2D eigenvalue weighted by atomic mass is 10.3. The Balaban J connectivity index is 2.00. The van der Waals surface area contributed by atoms with Crippen LogP contribution >= 0.6 is 11.8 Å². The first-order valence-electron chi connectivity index (χ1n) is 5.78. The number of aryl methyl sites for hydroxylation is 2. The number of ether oxygens (including phenoxy) is 1. The lowest BCUT2D eigenvalue weighted by molar-refractivity contribution is 0.129. The standard InChI is InChI=1S/C11H19N3OS/c1-3-9-10(12)11(14(2)13-9)16-7-8-5-4-6-15-8/h8H,3-7,12H2,1-2H3. The molecule has 0 aromatic carbocycles. The minimum Gasteiger partial charge on any atom is -0.395 e. The third kappa shape index (κ3) is 2.35. The molecule has 2 heterocycles. The van der Waals surface area contributed by atoms with E-state index in [1.165, 1.54) is 12.8 Å². The largest absolute Gasteiger partial charge is 0.395 e. The highest BCUT2D eigenvalue weighted by Gasteiger charge is 2.18. The van der Waals surface area contributed by atoms with Gasteiger partial charge in [0.25, 0.3) is 0 Å². The first-order valence-corrected chi connectivity index (χ1v) is 6.76. The van der Waals surface area contributed by atoms with E-state index >= 15 is 0 Å². The average molecular weight is 241 g/mol. The zero-order valence-electron chi connectivity index (χ0n) is 9.90. The van der Waals surface area contributed by atoms with E-state index in [2.05, 4.69) is 12.0 Å². The number of hydrogen-bond acceptors (Lipinski definition) is 4. The first kappa shape index (κ1) is 11.8. The summed E-state index contributed by atoms with van der Waals surface area (Å²) in [6.45, 7) is 2.99. The maximum atomic E-state index is 6.05. The number of nitrogens with zero attached hydrogens (tertiary/aromatic N) is 2. The number of rotatable bonds is 4. The van der Waals surface area contributed by atoms with Crippen molar-refractivity contribution < 1.29 is 4.74 Å². The van der Waals surface area contributed by atoms with Crippen molar-refractivity contribution in [3.05, 3.63) is 5.69 Å². The summed E-state index contributed by atoms with van der Waals surface area (Å²) < 4.78 is 7.48. The molecule has 0 saturated carbocycles. The molecular formula is C11H19N3OS. The molecule has 0 aliphatic carbocycles. The minimum absolute atomic E-state index is 0.393. The molecule has 2 N–H and O–H groups in total. The maximum absolute atomic E-state index is 6.05. The second kappa shape index (κ2) is 5.10. The van der Waals surface area contributed by atoms with Crippen LogP contribution in [0.1, 0.15) is 25.5 Å². The van der Waals surface area contributed by atoms with E-state index in [-0.39, 0.29) is 0 Å². The fourth-order valence-corrected chi connectivity index (χ4v) is 3.07. The highest BCUT2D eigenvalue weighted by Crippen LogP contribution is 2.30. The van der Waals surface area contributed by atoms with Gasteiger partial charge in [0.2, 0.25) is 0 Å². The Hall–Kier alpha value is -0.680. The van der Waals surface area contributed by atoms with Crippen LogP contribution in [0.3, 0.4) is 0 Å². The van der Waals surface area contributed by atoms with Gasteiger partial charge in [-0.25, -0.2) is 0 Å². The monoisotopic (exact) mass is 241 g/mol. The van der Waals surface area contributed by atoms with Crippen LogP contribution in [0, 0.1) is 0 Å². The molecule has 0 amide bonds. The molecule has 0 radical (unpaired) electrons. The van der Waals surface area contributed by atoms with E-state index in [0.29, 0.717) is 6.10 Å². The number of hydrogen-bond donors (Lipinski definition) is 1. The van der Waals surface area contributed by atoms with Gasteiger partial charge in [-0.2, -0.15) is 5.10 Å². The zero-order valence-corrected chi connectivity index (χ0v) is 10.7. The predicted octanol–water partition coefficient (Wildman–Crippen LogP) is 1.84. The smallest absolute Gasteiger partial charge is 0.117 e. The van der Waals surface area contributed by atoms with Crippen molar-refractivity contribution in [2.24, 2.45) is 7.05 Å². The van der Waals surface area contributed by atoms with Gasteiger partial charge in [-0.05, 0) is 19.3 Å². The van der Waals surface area contributed by atoms with E-state index < -0.39 is 0 Å². The third-order valence-corrected chi connectivity index (χ3v) is 4.17. The molecule has 1 aliphatic heterocycles. The SMILES string of the molecule is CCc1nn(C)c(SCC2CCCO2)c1N. The Bertz CT molecular complexity index is 358. The Labute approximate surface area is 101 Å². The predicted molar refractivity (Wildman–Crippen MR) is 66.7 cm³/mol. The Morgan fingerprint density at radius 2 is 2.44 bits per heavy atom. The summed E-state index contributed by atoms with van der Waals surface area (Å²) in [6.07, 6.45) is 3.64. The summed E-state index contributed by atoms with van der Waals surface area (Å²) in [5.74, 6) is 0.979. The summed E-state index contributed by atoms with van der Waals surface area (Å²) >= 11 is 1.76. The number of anilines is 1. The van der Waals surface area contributed by atoms with E-state index in [4.69, 9.17) is 10.5 Å². The summed E-state index contributed by atoms with van der Waals surface area (Å²) in [5, 5.41) is 5.48. The van der Waals surface area contributed by atoms with Crippen molar-refractivity contribution in [1.82, 2.24) is 9.78 Å². The molecule has 2 rings (SSSR count). The molecule has 5 heteroatoms. The first-order chi connectivity index (χ1) is 7.72. The van der Waals surface area contributed by atoms with Crippen molar-refractivity contribution in [2.45, 2.75) is 37.3 Å². The Kier molecular flexibility index (Phi) is 3.76. The van der Waals surface area contributed by atoms with Gasteiger partial charge in [-0.3, -0.25) is 4.68 Å². The van der Waals surface area contributed by atoms with Crippen molar-refractivity contribution in [2.75, 3.05) is 18.1 Å². The Morgan fingerprint density at radius 1 is 1.62 bits per heavy atom. The fraction of sp³-hybridized carbons (Fsp3) is 0.727. The fourth-order valence-electron chi connectivity index (χ4n) is 1.96. The molecular weight excluding hydrogens is 222 g/mol. The topological polar surface area (TPSA) is 53.1 Å². The van der Waals surface area contributed by atoms with Crippen molar-refractivity contribution >= 4 is 17.4 Å². The molecule has 1 saturated heterocycles. The second-order valence-corrected chi connectivity index (χ2v) is 5.10. The van der Waals surface area contributed by atoms with E-state index in [9.17, 15) is 0 Å². The van der Waals surface area contributed by atoms with Crippen molar-refractivity contribution in [1.29, 1.82) is 0 Å². The normalized spacial score (nSPS) is 20.5. The number of nitrogens with two attached hydrogens (primary N) is 1. The highest BCUT2D eigenvalue weighted by atomic mass is 32.2. The van der Waals surface area contributed by atoms with Gasteiger partial charge in [0, 0.05) is 19.4 Å². The number of nitrogen functional groups attached to an aromatic ring is 1. The number of thioether (sulfide) groups is 1. The molecule has 16 heavy (non-hydrogen) atoms. The molecule has 1 fully saturated rings. The quantitative estimate of drug-likeness (QED) is 0.817. The second-order valence-electron chi connectivity index (χ2n) is 4.09. The third-order valence-electron chi connectivity index (χ3n) is 2.87. The van der Waals surface area contributed by atoms with Crippen LogP contribution in [0.2, 0.25) is 0 Å². The van der Waals surface area contributed by atoms with Crippen LogP contribution in [0.25, 0.3) is 0 Å². The molecule has 1 unspecified atom stereocenters. The molecule has 1 aliphatic rings. The average Bonchev–Trinajstić information content (AvgIpc) is 2.86. The summed E-state index contributed by atoms with van der Waals surface area (Å²) in [6, 6.07) is 0. The van der Waals surface area contributed by atoms with Crippen molar-refractivity contribution in [3.8, 4) is 0 Å². The van der Waals surface area contributed by atoms with Gasteiger partial charge in [-0.15, -0.1) is 11.8 Å². The summed E-state index contributed by atoms with van der Waals surface area (Å²) in [7, 11) is 1.95. The van der Waals surface area contributed by atoms with Crippen LogP contribution in [0.4, 0.5) is 5.69 Å². The van der Waals surface area contributed by atoms with Crippen molar-refractivity contribution in [3.63, 3.8) is 0 Å². The van der Waals surface area contributed by atoms with Gasteiger partial charge in [-0.1, -0.05) is 6.92 Å². The van der Waals surface area contributed by atoms with Crippen LogP contribution in [0.15, 0.2) is 5.03 Å². The highest BCUT2D eigenvalue weighted by molar-refractivity contribution is 7.99. The van der Waals surface area contributed by atoms with E-state index in [1.807, 2.05) is 11.7 Å². The lowest BCUT2D eigenvalue weighted by Crippen LogP contribution is -2.08. The molecule has 0 spiro atoms. The van der Waals surface area contributed by atoms with Crippen LogP contribution in [-0.4, -0.2) is 28.2 Å². The summed E-state index contributed by atoms with van der Waals surface area (Å²) in [5.41, 5.74) is 7.89. The molecule has 4 nitrogen and oxygen atoms in total. The van der Waals surface area contributed by atoms with Gasteiger partial charge in [0.15, 0.2) is 0 Å². The summed E-state index contributed by atoms with van der Waals surface area (Å²) in [4.78, 5) is 0. The zero-order chi connectivity index (χ0) is 11.5. The van der Waals surface area contributed by atoms with Crippen LogP contribution in [0.5, 0.6) is 0 Å². The van der Waals surface area contributed by atoms with Gasteiger partial charge < -0.3 is 10.5 Å². The molecule has 0 bridgehead atoms. The molecule has 1 aromatic rings. The minimum atomic E-state index is 0.393. The van der Waals surface area contributed by atoms with E-state index in [1.54, 1.807) is 11.8 Å². The molecule has 90 valence electrons.